The van der Waals surface area contributed by atoms with Gasteiger partial charge in [0, 0.05) is 24.3 Å². The van der Waals surface area contributed by atoms with Crippen LogP contribution < -0.4 is 10.6 Å². The summed E-state index contributed by atoms with van der Waals surface area (Å²) in [5, 5.41) is 6.09. The molecule has 8 heteroatoms. The zero-order chi connectivity index (χ0) is 17.4. The van der Waals surface area contributed by atoms with Crippen LogP contribution in [0.2, 0.25) is 0 Å². The minimum atomic E-state index is -3.33. The molecule has 0 aliphatic carbocycles. The molecule has 0 atom stereocenters. The van der Waals surface area contributed by atoms with E-state index in [1.165, 1.54) is 0 Å². The first kappa shape index (κ1) is 18.4. The number of aromatic nitrogens is 1. The van der Waals surface area contributed by atoms with Gasteiger partial charge in [0.25, 0.3) is 0 Å². The molecule has 0 unspecified atom stereocenters. The maximum atomic E-state index is 12.3. The second-order valence-electron chi connectivity index (χ2n) is 4.95. The number of benzene rings is 1. The predicted octanol–water partition coefficient (Wildman–Crippen LogP) is 1.98. The summed E-state index contributed by atoms with van der Waals surface area (Å²) in [5.41, 5.74) is 0.878. The fraction of sp³-hybridized carbons (Fsp3) is 0.250. The Hall–Kier alpha value is -1.93. The van der Waals surface area contributed by atoms with E-state index in [1.807, 2.05) is 18.2 Å². The molecule has 0 bridgehead atoms. The Morgan fingerprint density at radius 1 is 1.17 bits per heavy atom. The van der Waals surface area contributed by atoms with Crippen LogP contribution in [0.15, 0.2) is 63.0 Å². The lowest BCUT2D eigenvalue weighted by molar-refractivity contribution is 0.594. The highest BCUT2D eigenvalue weighted by Gasteiger charge is 2.14. The van der Waals surface area contributed by atoms with Crippen molar-refractivity contribution in [1.82, 2.24) is 15.6 Å². The van der Waals surface area contributed by atoms with Gasteiger partial charge in [-0.05, 0) is 36.4 Å². The molecular weight excluding hydrogens is 392 g/mol. The Morgan fingerprint density at radius 3 is 2.54 bits per heavy atom. The van der Waals surface area contributed by atoms with Crippen molar-refractivity contribution >= 4 is 31.7 Å². The van der Waals surface area contributed by atoms with Crippen molar-refractivity contribution in [1.29, 1.82) is 0 Å². The van der Waals surface area contributed by atoms with Crippen LogP contribution in [0.5, 0.6) is 0 Å². The molecule has 0 amide bonds. The lowest BCUT2D eigenvalue weighted by Crippen LogP contribution is -2.39. The number of pyridine rings is 1. The van der Waals surface area contributed by atoms with E-state index in [-0.39, 0.29) is 12.3 Å². The maximum Gasteiger partial charge on any atom is 0.191 e. The van der Waals surface area contributed by atoms with E-state index >= 15 is 0 Å². The van der Waals surface area contributed by atoms with Gasteiger partial charge in [0.15, 0.2) is 15.8 Å². The highest BCUT2D eigenvalue weighted by atomic mass is 79.9. The molecule has 1 heterocycles. The summed E-state index contributed by atoms with van der Waals surface area (Å²) in [6.45, 7) is 0.778. The van der Waals surface area contributed by atoms with E-state index in [0.29, 0.717) is 17.4 Å². The smallest absolute Gasteiger partial charge is 0.191 e. The highest BCUT2D eigenvalue weighted by Crippen LogP contribution is 2.15. The molecule has 1 aromatic heterocycles. The van der Waals surface area contributed by atoms with Gasteiger partial charge in [0.2, 0.25) is 0 Å². The Bertz CT molecular complexity index is 777. The lowest BCUT2D eigenvalue weighted by atomic mass is 10.3. The molecule has 1 aromatic carbocycles. The molecule has 0 spiro atoms. The van der Waals surface area contributed by atoms with Gasteiger partial charge < -0.3 is 10.6 Å². The van der Waals surface area contributed by atoms with Crippen LogP contribution in [0.1, 0.15) is 5.69 Å². The molecular formula is C16H19BrN4O2S. The second-order valence-corrected chi connectivity index (χ2v) is 7.97. The van der Waals surface area contributed by atoms with Crippen LogP contribution in [0, 0.1) is 0 Å². The Labute approximate surface area is 150 Å². The number of aliphatic imine (C=N–C) groups is 1. The number of halogens is 1. The average Bonchev–Trinajstić information content (AvgIpc) is 2.59. The van der Waals surface area contributed by atoms with Crippen LogP contribution in [-0.4, -0.2) is 38.7 Å². The van der Waals surface area contributed by atoms with Crippen molar-refractivity contribution in [3.8, 4) is 0 Å². The summed E-state index contributed by atoms with van der Waals surface area (Å²) in [7, 11) is -1.69. The fourth-order valence-corrected chi connectivity index (χ4v) is 3.38. The summed E-state index contributed by atoms with van der Waals surface area (Å²) in [5.74, 6) is 0.519. The standard InChI is InChI=1S/C16H19BrN4O2S/c1-18-16(21-12-14-4-2-3-9-19-14)20-10-11-24(22,23)15-7-5-13(17)6-8-15/h2-9H,10-12H2,1H3,(H2,18,20,21). The molecule has 0 radical (unpaired) electrons. The monoisotopic (exact) mass is 410 g/mol. The summed E-state index contributed by atoms with van der Waals surface area (Å²) in [6, 6.07) is 12.3. The van der Waals surface area contributed by atoms with E-state index in [4.69, 9.17) is 0 Å². The van der Waals surface area contributed by atoms with Gasteiger partial charge in [-0.3, -0.25) is 9.98 Å². The largest absolute Gasteiger partial charge is 0.355 e. The summed E-state index contributed by atoms with van der Waals surface area (Å²) in [6.07, 6.45) is 1.72. The summed E-state index contributed by atoms with van der Waals surface area (Å²) >= 11 is 3.29. The first-order valence-electron chi connectivity index (χ1n) is 7.34. The molecule has 2 rings (SSSR count). The third kappa shape index (κ3) is 5.61. The molecule has 24 heavy (non-hydrogen) atoms. The van der Waals surface area contributed by atoms with Crippen LogP contribution in [0.4, 0.5) is 0 Å². The first-order chi connectivity index (χ1) is 11.5. The second kappa shape index (κ2) is 8.79. The third-order valence-corrected chi connectivity index (χ3v) is 5.48. The Balaban J connectivity index is 1.84. The Morgan fingerprint density at radius 2 is 1.92 bits per heavy atom. The van der Waals surface area contributed by atoms with E-state index < -0.39 is 9.84 Å². The van der Waals surface area contributed by atoms with Gasteiger partial charge in [-0.25, -0.2) is 8.42 Å². The van der Waals surface area contributed by atoms with E-state index in [9.17, 15) is 8.42 Å². The van der Waals surface area contributed by atoms with Gasteiger partial charge in [0.1, 0.15) is 0 Å². The Kier molecular flexibility index (Phi) is 6.74. The third-order valence-electron chi connectivity index (χ3n) is 3.22. The van der Waals surface area contributed by atoms with Crippen molar-refractivity contribution in [2.45, 2.75) is 11.4 Å². The van der Waals surface area contributed by atoms with Crippen molar-refractivity contribution in [2.24, 2.45) is 4.99 Å². The molecule has 0 aliphatic rings. The number of sulfone groups is 1. The molecule has 0 fully saturated rings. The van der Waals surface area contributed by atoms with Crippen molar-refractivity contribution in [3.05, 3.63) is 58.8 Å². The maximum absolute atomic E-state index is 12.3. The molecule has 2 N–H and O–H groups in total. The number of guanidine groups is 1. The van der Waals surface area contributed by atoms with Crippen LogP contribution in [0.3, 0.4) is 0 Å². The van der Waals surface area contributed by atoms with Gasteiger partial charge in [-0.15, -0.1) is 0 Å². The average molecular weight is 411 g/mol. The highest BCUT2D eigenvalue weighted by molar-refractivity contribution is 9.10. The lowest BCUT2D eigenvalue weighted by Gasteiger charge is -2.12. The zero-order valence-corrected chi connectivity index (χ0v) is 15.6. The molecule has 0 aliphatic heterocycles. The minimum absolute atomic E-state index is 0.0150. The predicted molar refractivity (Wildman–Crippen MR) is 98.6 cm³/mol. The minimum Gasteiger partial charge on any atom is -0.355 e. The molecule has 0 saturated carbocycles. The summed E-state index contributed by atoms with van der Waals surface area (Å²) in [4.78, 5) is 8.59. The quantitative estimate of drug-likeness (QED) is 0.561. The van der Waals surface area contributed by atoms with Gasteiger partial charge in [-0.2, -0.15) is 0 Å². The number of hydrogen-bond donors (Lipinski definition) is 2. The van der Waals surface area contributed by atoms with E-state index in [0.717, 1.165) is 10.2 Å². The van der Waals surface area contributed by atoms with Crippen LogP contribution in [-0.2, 0) is 16.4 Å². The summed E-state index contributed by atoms with van der Waals surface area (Å²) < 4.78 is 25.4. The van der Waals surface area contributed by atoms with E-state index in [1.54, 1.807) is 37.5 Å². The topological polar surface area (TPSA) is 83.5 Å². The van der Waals surface area contributed by atoms with Crippen molar-refractivity contribution < 1.29 is 8.42 Å². The molecule has 128 valence electrons. The first-order valence-corrected chi connectivity index (χ1v) is 9.78. The van der Waals surface area contributed by atoms with E-state index in [2.05, 4.69) is 36.5 Å². The zero-order valence-electron chi connectivity index (χ0n) is 13.2. The van der Waals surface area contributed by atoms with Gasteiger partial charge in [-0.1, -0.05) is 22.0 Å². The fourth-order valence-electron chi connectivity index (χ4n) is 1.96. The van der Waals surface area contributed by atoms with Gasteiger partial charge >= 0.3 is 0 Å². The number of hydrogen-bond acceptors (Lipinski definition) is 4. The molecule has 0 saturated heterocycles. The normalized spacial score (nSPS) is 12.0. The number of nitrogens with one attached hydrogen (secondary N) is 2. The van der Waals surface area contributed by atoms with Crippen molar-refractivity contribution in [2.75, 3.05) is 19.3 Å². The van der Waals surface area contributed by atoms with Gasteiger partial charge in [0.05, 0.1) is 22.9 Å². The van der Waals surface area contributed by atoms with Crippen LogP contribution in [0.25, 0.3) is 0 Å². The number of nitrogens with zero attached hydrogens (tertiary/aromatic N) is 2. The SMILES string of the molecule is CN=C(NCCS(=O)(=O)c1ccc(Br)cc1)NCc1ccccn1. The van der Waals surface area contributed by atoms with Crippen LogP contribution >= 0.6 is 15.9 Å². The van der Waals surface area contributed by atoms with Crippen molar-refractivity contribution in [3.63, 3.8) is 0 Å². The molecule has 2 aromatic rings. The number of rotatable bonds is 6. The molecule has 6 nitrogen and oxygen atoms in total.